The van der Waals surface area contributed by atoms with Crippen LogP contribution in [0, 0.1) is 6.92 Å². The fourth-order valence-corrected chi connectivity index (χ4v) is 2.72. The number of ether oxygens (including phenoxy) is 3. The van der Waals surface area contributed by atoms with Crippen molar-refractivity contribution in [2.24, 2.45) is 0 Å². The zero-order valence-corrected chi connectivity index (χ0v) is 16.5. The Morgan fingerprint density at radius 2 is 1.60 bits per heavy atom. The van der Waals surface area contributed by atoms with Gasteiger partial charge in [-0.3, -0.25) is 4.79 Å². The normalized spacial score (nSPS) is 10.3. The lowest BCUT2D eigenvalue weighted by Crippen LogP contribution is -2.14. The molecular weight excluding hydrogens is 388 g/mol. The molecule has 1 heterocycles. The maximum absolute atomic E-state index is 12.4. The highest BCUT2D eigenvalue weighted by Crippen LogP contribution is 2.17. The van der Waals surface area contributed by atoms with Gasteiger partial charge in [-0.15, -0.1) is 0 Å². The molecule has 0 amide bonds. The van der Waals surface area contributed by atoms with Crippen LogP contribution in [0.4, 0.5) is 0 Å². The summed E-state index contributed by atoms with van der Waals surface area (Å²) in [5.74, 6) is -0.0845. The lowest BCUT2D eigenvalue weighted by atomic mass is 10.0. The van der Waals surface area contributed by atoms with E-state index in [0.717, 1.165) is 0 Å². The van der Waals surface area contributed by atoms with Crippen LogP contribution >= 0.6 is 0 Å². The van der Waals surface area contributed by atoms with Crippen molar-refractivity contribution >= 4 is 17.7 Å². The highest BCUT2D eigenvalue weighted by atomic mass is 16.6. The van der Waals surface area contributed by atoms with Crippen LogP contribution in [0.5, 0.6) is 5.75 Å². The molecule has 0 saturated carbocycles. The number of rotatable bonds is 8. The highest BCUT2D eigenvalue weighted by Gasteiger charge is 2.16. The van der Waals surface area contributed by atoms with Crippen LogP contribution in [0.25, 0.3) is 0 Å². The minimum Gasteiger partial charge on any atom is -0.482 e. The van der Waals surface area contributed by atoms with Crippen LogP contribution in [0.2, 0.25) is 0 Å². The van der Waals surface area contributed by atoms with Crippen molar-refractivity contribution in [3.63, 3.8) is 0 Å². The largest absolute Gasteiger partial charge is 0.482 e. The molecule has 0 spiro atoms. The third kappa shape index (κ3) is 5.14. The molecule has 0 radical (unpaired) electrons. The van der Waals surface area contributed by atoms with Gasteiger partial charge in [-0.2, -0.15) is 0 Å². The Morgan fingerprint density at radius 1 is 0.933 bits per heavy atom. The van der Waals surface area contributed by atoms with Gasteiger partial charge in [0.2, 0.25) is 0 Å². The Kier molecular flexibility index (Phi) is 6.64. The van der Waals surface area contributed by atoms with E-state index >= 15 is 0 Å². The molecule has 1 aromatic heterocycles. The standard InChI is InChI=1S/C23H20O7/c1-15-20(23(26)27-2)12-19(30-15)13-29-21(24)14-28-18-10-8-17(9-11-18)22(25)16-6-4-3-5-7-16/h3-12H,13-14H2,1-2H3. The molecule has 154 valence electrons. The van der Waals surface area contributed by atoms with Gasteiger partial charge < -0.3 is 18.6 Å². The molecule has 0 bridgehead atoms. The van der Waals surface area contributed by atoms with Crippen molar-refractivity contribution in [1.29, 1.82) is 0 Å². The number of hydrogen-bond acceptors (Lipinski definition) is 7. The number of benzene rings is 2. The third-order valence-electron chi connectivity index (χ3n) is 4.26. The second-order valence-electron chi connectivity index (χ2n) is 6.34. The summed E-state index contributed by atoms with van der Waals surface area (Å²) >= 11 is 0. The van der Waals surface area contributed by atoms with E-state index in [1.807, 2.05) is 6.07 Å². The summed E-state index contributed by atoms with van der Waals surface area (Å²) in [6, 6.07) is 16.9. The van der Waals surface area contributed by atoms with E-state index in [-0.39, 0.29) is 24.6 Å². The van der Waals surface area contributed by atoms with E-state index in [1.54, 1.807) is 55.5 Å². The van der Waals surface area contributed by atoms with Gasteiger partial charge in [0, 0.05) is 11.1 Å². The van der Waals surface area contributed by atoms with Crippen molar-refractivity contribution in [2.75, 3.05) is 13.7 Å². The number of ketones is 1. The fourth-order valence-electron chi connectivity index (χ4n) is 2.72. The van der Waals surface area contributed by atoms with Gasteiger partial charge in [0.15, 0.2) is 12.4 Å². The lowest BCUT2D eigenvalue weighted by Gasteiger charge is -2.07. The van der Waals surface area contributed by atoms with Crippen LogP contribution in [-0.2, 0) is 20.9 Å². The van der Waals surface area contributed by atoms with Gasteiger partial charge in [-0.1, -0.05) is 30.3 Å². The zero-order valence-electron chi connectivity index (χ0n) is 16.5. The number of esters is 2. The smallest absolute Gasteiger partial charge is 0.344 e. The molecule has 0 saturated heterocycles. The molecule has 0 fully saturated rings. The second kappa shape index (κ2) is 9.56. The van der Waals surface area contributed by atoms with E-state index in [2.05, 4.69) is 4.74 Å². The van der Waals surface area contributed by atoms with Crippen molar-refractivity contribution < 1.29 is 33.0 Å². The number of hydrogen-bond donors (Lipinski definition) is 0. The van der Waals surface area contributed by atoms with Crippen molar-refractivity contribution in [2.45, 2.75) is 13.5 Å². The average molecular weight is 408 g/mol. The second-order valence-corrected chi connectivity index (χ2v) is 6.34. The molecule has 3 rings (SSSR count). The van der Waals surface area contributed by atoms with Crippen LogP contribution in [0.1, 0.15) is 37.8 Å². The number of aryl methyl sites for hydroxylation is 1. The van der Waals surface area contributed by atoms with E-state index in [1.165, 1.54) is 13.2 Å². The van der Waals surface area contributed by atoms with Crippen molar-refractivity contribution in [1.82, 2.24) is 0 Å². The summed E-state index contributed by atoms with van der Waals surface area (Å²) < 4.78 is 20.5. The molecule has 0 N–H and O–H groups in total. The van der Waals surface area contributed by atoms with E-state index in [4.69, 9.17) is 13.9 Å². The minimum atomic E-state index is -0.604. The molecule has 0 aliphatic carbocycles. The number of methoxy groups -OCH3 is 1. The van der Waals surface area contributed by atoms with Crippen LogP contribution < -0.4 is 4.74 Å². The SMILES string of the molecule is COC(=O)c1cc(COC(=O)COc2ccc(C(=O)c3ccccc3)cc2)oc1C. The maximum Gasteiger partial charge on any atom is 0.344 e. The monoisotopic (exact) mass is 408 g/mol. The van der Waals surface area contributed by atoms with Crippen LogP contribution in [0.3, 0.4) is 0 Å². The number of carbonyl (C=O) groups excluding carboxylic acids is 3. The minimum absolute atomic E-state index is 0.0957. The maximum atomic E-state index is 12.4. The molecule has 0 aliphatic rings. The zero-order chi connectivity index (χ0) is 21.5. The predicted molar refractivity (Wildman–Crippen MR) is 106 cm³/mol. The molecule has 2 aromatic carbocycles. The molecule has 7 heteroatoms. The summed E-state index contributed by atoms with van der Waals surface area (Å²) in [5, 5.41) is 0. The quantitative estimate of drug-likeness (QED) is 0.414. The van der Waals surface area contributed by atoms with Gasteiger partial charge in [0.1, 0.15) is 29.4 Å². The van der Waals surface area contributed by atoms with Crippen LogP contribution in [0.15, 0.2) is 65.1 Å². The summed E-state index contributed by atoms with van der Waals surface area (Å²) in [4.78, 5) is 35.8. The number of furan rings is 1. The first-order valence-corrected chi connectivity index (χ1v) is 9.14. The summed E-state index contributed by atoms with van der Waals surface area (Å²) in [7, 11) is 1.27. The highest BCUT2D eigenvalue weighted by molar-refractivity contribution is 6.09. The first kappa shape index (κ1) is 20.9. The molecule has 30 heavy (non-hydrogen) atoms. The van der Waals surface area contributed by atoms with Crippen molar-refractivity contribution in [3.8, 4) is 5.75 Å². The molecule has 7 nitrogen and oxygen atoms in total. The molecular formula is C23H20O7. The van der Waals surface area contributed by atoms with Gasteiger partial charge in [0.25, 0.3) is 0 Å². The topological polar surface area (TPSA) is 92.0 Å². The summed E-state index contributed by atoms with van der Waals surface area (Å²) in [6.07, 6.45) is 0. The van der Waals surface area contributed by atoms with Gasteiger partial charge >= 0.3 is 11.9 Å². The van der Waals surface area contributed by atoms with E-state index in [0.29, 0.717) is 28.4 Å². The fraction of sp³-hybridized carbons (Fsp3) is 0.174. The summed E-state index contributed by atoms with van der Waals surface area (Å²) in [5.41, 5.74) is 1.40. The molecule has 3 aromatic rings. The molecule has 0 aliphatic heterocycles. The Bertz CT molecular complexity index is 1030. The summed E-state index contributed by atoms with van der Waals surface area (Å²) in [6.45, 7) is 1.17. The van der Waals surface area contributed by atoms with Gasteiger partial charge in [-0.25, -0.2) is 9.59 Å². The van der Waals surface area contributed by atoms with E-state index in [9.17, 15) is 14.4 Å². The third-order valence-corrected chi connectivity index (χ3v) is 4.26. The Morgan fingerprint density at radius 3 is 2.27 bits per heavy atom. The van der Waals surface area contributed by atoms with Crippen molar-refractivity contribution in [3.05, 3.63) is 88.9 Å². The first-order valence-electron chi connectivity index (χ1n) is 9.14. The lowest BCUT2D eigenvalue weighted by molar-refractivity contribution is -0.147. The van der Waals surface area contributed by atoms with Gasteiger partial charge in [0.05, 0.1) is 7.11 Å². The Labute approximate surface area is 173 Å². The Balaban J connectivity index is 1.49. The number of carbonyl (C=O) groups is 3. The Hall–Kier alpha value is -3.87. The predicted octanol–water partition coefficient (Wildman–Crippen LogP) is 3.73. The van der Waals surface area contributed by atoms with Crippen LogP contribution in [-0.4, -0.2) is 31.4 Å². The average Bonchev–Trinajstić information content (AvgIpc) is 3.16. The molecule has 0 unspecified atom stereocenters. The molecule has 0 atom stereocenters. The van der Waals surface area contributed by atoms with Gasteiger partial charge in [-0.05, 0) is 37.3 Å². The van der Waals surface area contributed by atoms with E-state index < -0.39 is 11.9 Å². The first-order chi connectivity index (χ1) is 14.5.